The molecule has 102 valence electrons. The van der Waals surface area contributed by atoms with Gasteiger partial charge in [0.25, 0.3) is 0 Å². The average Bonchev–Trinajstić information content (AvgIpc) is 2.91. The van der Waals surface area contributed by atoms with E-state index in [1.165, 1.54) is 41.9 Å². The minimum absolute atomic E-state index is 0.117. The predicted molar refractivity (Wildman–Crippen MR) is 85.5 cm³/mol. The lowest BCUT2D eigenvalue weighted by Crippen LogP contribution is -2.10. The topological polar surface area (TPSA) is 26.0 Å². The van der Waals surface area contributed by atoms with Gasteiger partial charge < -0.3 is 5.73 Å². The molecule has 0 aliphatic heterocycles. The Balaban J connectivity index is 1.74. The van der Waals surface area contributed by atoms with Crippen LogP contribution in [0.1, 0.15) is 45.5 Å². The summed E-state index contributed by atoms with van der Waals surface area (Å²) in [5, 5.41) is 0. The van der Waals surface area contributed by atoms with Gasteiger partial charge in [-0.1, -0.05) is 18.0 Å². The Morgan fingerprint density at radius 2 is 2.00 bits per heavy atom. The molecular weight excluding hydrogens is 294 g/mol. The van der Waals surface area contributed by atoms with Gasteiger partial charge in [0.05, 0.1) is 4.34 Å². The fraction of sp³-hybridized carbons (Fsp3) is 0.467. The lowest BCUT2D eigenvalue weighted by atomic mass is 10.1. The fourth-order valence-electron chi connectivity index (χ4n) is 2.65. The van der Waals surface area contributed by atoms with E-state index in [2.05, 4.69) is 12.1 Å². The van der Waals surface area contributed by atoms with Crippen LogP contribution in [0.5, 0.6) is 0 Å². The van der Waals surface area contributed by atoms with Gasteiger partial charge in [0.15, 0.2) is 0 Å². The highest BCUT2D eigenvalue weighted by Crippen LogP contribution is 2.33. The highest BCUT2D eigenvalue weighted by atomic mass is 35.5. The first kappa shape index (κ1) is 13.6. The van der Waals surface area contributed by atoms with E-state index in [1.54, 1.807) is 21.8 Å². The maximum atomic E-state index is 6.36. The Labute approximate surface area is 127 Å². The van der Waals surface area contributed by atoms with Crippen molar-refractivity contribution in [2.45, 2.75) is 44.6 Å². The van der Waals surface area contributed by atoms with Crippen molar-refractivity contribution >= 4 is 34.3 Å². The normalized spacial score (nSPS) is 16.9. The molecule has 0 bridgehead atoms. The number of hydrogen-bond acceptors (Lipinski definition) is 3. The third kappa shape index (κ3) is 3.22. The zero-order valence-corrected chi connectivity index (χ0v) is 13.2. The van der Waals surface area contributed by atoms with Crippen molar-refractivity contribution in [1.29, 1.82) is 0 Å². The van der Waals surface area contributed by atoms with Gasteiger partial charge in [-0.15, -0.1) is 22.7 Å². The number of halogens is 1. The molecule has 1 atom stereocenters. The standard InChI is InChI=1S/C15H18ClNS2/c16-15-7-6-11(18-15)9-12(17)14-8-10-4-2-1-3-5-13(10)19-14/h6-8,12H,1-5,9,17H2. The Morgan fingerprint density at radius 1 is 1.16 bits per heavy atom. The van der Waals surface area contributed by atoms with E-state index in [0.717, 1.165) is 10.8 Å². The molecule has 1 aliphatic carbocycles. The second kappa shape index (κ2) is 5.96. The van der Waals surface area contributed by atoms with Crippen LogP contribution in [0.25, 0.3) is 0 Å². The first-order valence-electron chi connectivity index (χ1n) is 6.83. The minimum atomic E-state index is 0.117. The van der Waals surface area contributed by atoms with Crippen molar-refractivity contribution in [2.24, 2.45) is 5.73 Å². The Hall–Kier alpha value is -0.350. The van der Waals surface area contributed by atoms with Crippen molar-refractivity contribution in [3.05, 3.63) is 42.7 Å². The van der Waals surface area contributed by atoms with E-state index in [1.807, 2.05) is 17.4 Å². The fourth-order valence-corrected chi connectivity index (χ4v) is 5.06. The second-order valence-corrected chi connectivity index (χ2v) is 8.14. The molecule has 2 heterocycles. The van der Waals surface area contributed by atoms with Gasteiger partial charge in [0, 0.05) is 27.1 Å². The maximum Gasteiger partial charge on any atom is 0.0931 e. The molecule has 0 fully saturated rings. The second-order valence-electron chi connectivity index (χ2n) is 5.17. The van der Waals surface area contributed by atoms with Gasteiger partial charge in [0.2, 0.25) is 0 Å². The molecule has 0 saturated heterocycles. The molecule has 1 nitrogen and oxygen atoms in total. The molecular formula is C15H18ClNS2. The Bertz CT molecular complexity index is 535. The van der Waals surface area contributed by atoms with E-state index < -0.39 is 0 Å². The molecule has 19 heavy (non-hydrogen) atoms. The molecule has 1 aliphatic rings. The molecule has 2 N–H and O–H groups in total. The summed E-state index contributed by atoms with van der Waals surface area (Å²) >= 11 is 9.54. The van der Waals surface area contributed by atoms with Crippen LogP contribution in [0.15, 0.2) is 18.2 Å². The van der Waals surface area contributed by atoms with E-state index in [0.29, 0.717) is 0 Å². The van der Waals surface area contributed by atoms with Crippen LogP contribution in [0.2, 0.25) is 4.34 Å². The summed E-state index contributed by atoms with van der Waals surface area (Å²) in [6, 6.07) is 6.51. The summed E-state index contributed by atoms with van der Waals surface area (Å²) in [6.45, 7) is 0. The van der Waals surface area contributed by atoms with Gasteiger partial charge >= 0.3 is 0 Å². The number of hydrogen-bond donors (Lipinski definition) is 1. The summed E-state index contributed by atoms with van der Waals surface area (Å²) in [4.78, 5) is 4.20. The molecule has 4 heteroatoms. The van der Waals surface area contributed by atoms with Gasteiger partial charge in [-0.2, -0.15) is 0 Å². The SMILES string of the molecule is NC(Cc1ccc(Cl)s1)c1cc2c(s1)CCCCC2. The van der Waals surface area contributed by atoms with Gasteiger partial charge in [0.1, 0.15) is 0 Å². The molecule has 2 aromatic heterocycles. The van der Waals surface area contributed by atoms with Crippen LogP contribution in [-0.4, -0.2) is 0 Å². The van der Waals surface area contributed by atoms with Crippen LogP contribution < -0.4 is 5.73 Å². The summed E-state index contributed by atoms with van der Waals surface area (Å²) in [7, 11) is 0. The van der Waals surface area contributed by atoms with Crippen molar-refractivity contribution in [1.82, 2.24) is 0 Å². The third-order valence-corrected chi connectivity index (χ3v) is 6.30. The number of aryl methyl sites for hydroxylation is 2. The summed E-state index contributed by atoms with van der Waals surface area (Å²) < 4.78 is 0.851. The van der Waals surface area contributed by atoms with Crippen molar-refractivity contribution < 1.29 is 0 Å². The molecule has 0 saturated carbocycles. The van der Waals surface area contributed by atoms with E-state index in [4.69, 9.17) is 17.3 Å². The van der Waals surface area contributed by atoms with Gasteiger partial charge in [-0.25, -0.2) is 0 Å². The van der Waals surface area contributed by atoms with Gasteiger partial charge in [-0.05, 0) is 49.4 Å². The average molecular weight is 312 g/mol. The number of rotatable bonds is 3. The first-order chi connectivity index (χ1) is 9.22. The largest absolute Gasteiger partial charge is 0.323 e. The quantitative estimate of drug-likeness (QED) is 0.795. The molecule has 1 unspecified atom stereocenters. The van der Waals surface area contributed by atoms with Crippen molar-refractivity contribution in [2.75, 3.05) is 0 Å². The highest BCUT2D eigenvalue weighted by molar-refractivity contribution is 7.16. The predicted octanol–water partition coefficient (Wildman–Crippen LogP) is 4.97. The lowest BCUT2D eigenvalue weighted by Gasteiger charge is -2.07. The van der Waals surface area contributed by atoms with Crippen molar-refractivity contribution in [3.63, 3.8) is 0 Å². The number of fused-ring (bicyclic) bond motifs is 1. The van der Waals surface area contributed by atoms with Crippen LogP contribution >= 0.6 is 34.3 Å². The number of nitrogens with two attached hydrogens (primary N) is 1. The summed E-state index contributed by atoms with van der Waals surface area (Å²) in [5.74, 6) is 0. The Morgan fingerprint density at radius 3 is 2.79 bits per heavy atom. The lowest BCUT2D eigenvalue weighted by molar-refractivity contribution is 0.710. The zero-order valence-electron chi connectivity index (χ0n) is 10.8. The van der Waals surface area contributed by atoms with Crippen LogP contribution in [0.4, 0.5) is 0 Å². The van der Waals surface area contributed by atoms with E-state index in [-0.39, 0.29) is 6.04 Å². The third-order valence-electron chi connectivity index (χ3n) is 3.68. The van der Waals surface area contributed by atoms with Crippen LogP contribution in [-0.2, 0) is 19.3 Å². The van der Waals surface area contributed by atoms with Crippen LogP contribution in [0.3, 0.4) is 0 Å². The van der Waals surface area contributed by atoms with Gasteiger partial charge in [-0.3, -0.25) is 0 Å². The zero-order chi connectivity index (χ0) is 13.2. The monoisotopic (exact) mass is 311 g/mol. The van der Waals surface area contributed by atoms with E-state index in [9.17, 15) is 0 Å². The Kier molecular flexibility index (Phi) is 4.27. The minimum Gasteiger partial charge on any atom is -0.323 e. The molecule has 0 aromatic carbocycles. The molecule has 2 aromatic rings. The number of thiophene rings is 2. The summed E-state index contributed by atoms with van der Waals surface area (Å²) in [6.07, 6.45) is 7.43. The molecule has 0 radical (unpaired) electrons. The van der Waals surface area contributed by atoms with E-state index >= 15 is 0 Å². The maximum absolute atomic E-state index is 6.36. The molecule has 3 rings (SSSR count). The highest BCUT2D eigenvalue weighted by Gasteiger charge is 2.16. The van der Waals surface area contributed by atoms with Crippen molar-refractivity contribution in [3.8, 4) is 0 Å². The van der Waals surface area contributed by atoms with Crippen LogP contribution in [0, 0.1) is 0 Å². The molecule has 0 amide bonds. The first-order valence-corrected chi connectivity index (χ1v) is 8.85. The smallest absolute Gasteiger partial charge is 0.0931 e. The summed E-state index contributed by atoms with van der Waals surface area (Å²) in [5.41, 5.74) is 7.91. The molecule has 0 spiro atoms.